The first-order valence-electron chi connectivity index (χ1n) is 10.6. The topological polar surface area (TPSA) is 58.6 Å². The van der Waals surface area contributed by atoms with Gasteiger partial charge in [-0.3, -0.25) is 9.59 Å². The molecule has 0 atom stereocenters. The number of nitrogens with one attached hydrogen (secondary N) is 1. The summed E-state index contributed by atoms with van der Waals surface area (Å²) >= 11 is 0. The van der Waals surface area contributed by atoms with Crippen LogP contribution in [0.15, 0.2) is 24.3 Å². The molecule has 1 aromatic rings. The Morgan fingerprint density at radius 3 is 2.24 bits per heavy atom. The van der Waals surface area contributed by atoms with E-state index in [4.69, 9.17) is 4.74 Å². The van der Waals surface area contributed by atoms with Crippen LogP contribution in [0.2, 0.25) is 0 Å². The Kier molecular flexibility index (Phi) is 8.68. The Labute approximate surface area is 181 Å². The van der Waals surface area contributed by atoms with Crippen molar-refractivity contribution in [2.24, 2.45) is 11.8 Å². The first kappa shape index (κ1) is 23.8. The van der Waals surface area contributed by atoms with E-state index in [0.29, 0.717) is 31.8 Å². The Bertz CT molecular complexity index is 676. The average molecular weight is 423 g/mol. The van der Waals surface area contributed by atoms with Gasteiger partial charge in [0.25, 0.3) is 5.91 Å². The standard InChI is InChI=1S/C23H34N2O3.ClH/c1-17(2)16-18-4-6-19(7-5-18)21(26)20-8-14-25(15-9-20)22(27)23(28-3)10-12-24-13-11-23;/h4-7,17,20,24H,8-16H2,1-3H3;1H. The van der Waals surface area contributed by atoms with Gasteiger partial charge in [0.15, 0.2) is 5.78 Å². The predicted octanol–water partition coefficient (Wildman–Crippen LogP) is 3.50. The number of ketones is 1. The Balaban J connectivity index is 0.00000300. The molecule has 2 heterocycles. The SMILES string of the molecule is COC1(C(=O)N2CCC(C(=O)c3ccc(CC(C)C)cc3)CC2)CCNCC1.Cl. The van der Waals surface area contributed by atoms with Crippen molar-refractivity contribution in [3.05, 3.63) is 35.4 Å². The smallest absolute Gasteiger partial charge is 0.254 e. The molecule has 0 aromatic heterocycles. The Morgan fingerprint density at radius 2 is 1.72 bits per heavy atom. The number of Topliss-reactive ketones (excluding diaryl/α,β-unsaturated/α-hetero) is 1. The summed E-state index contributed by atoms with van der Waals surface area (Å²) in [6.45, 7) is 7.29. The predicted molar refractivity (Wildman–Crippen MR) is 118 cm³/mol. The minimum atomic E-state index is -0.686. The highest BCUT2D eigenvalue weighted by Gasteiger charge is 2.43. The zero-order valence-electron chi connectivity index (χ0n) is 17.9. The second-order valence-corrected chi connectivity index (χ2v) is 8.67. The van der Waals surface area contributed by atoms with E-state index in [2.05, 4.69) is 31.3 Å². The molecular formula is C23H35ClN2O3. The number of rotatable bonds is 6. The van der Waals surface area contributed by atoms with Gasteiger partial charge in [0.1, 0.15) is 5.60 Å². The third-order valence-electron chi connectivity index (χ3n) is 6.23. The van der Waals surface area contributed by atoms with Gasteiger partial charge in [-0.05, 0) is 56.7 Å². The first-order chi connectivity index (χ1) is 13.4. The van der Waals surface area contributed by atoms with Gasteiger partial charge in [0.05, 0.1) is 0 Å². The number of amides is 1. The van der Waals surface area contributed by atoms with Gasteiger partial charge in [0.2, 0.25) is 0 Å². The molecule has 2 aliphatic heterocycles. The summed E-state index contributed by atoms with van der Waals surface area (Å²) in [5.74, 6) is 0.928. The molecule has 0 aliphatic carbocycles. The molecule has 5 nitrogen and oxygen atoms in total. The van der Waals surface area contributed by atoms with E-state index in [0.717, 1.165) is 37.9 Å². The molecule has 2 saturated heterocycles. The molecule has 1 aromatic carbocycles. The minimum Gasteiger partial charge on any atom is -0.368 e. The van der Waals surface area contributed by atoms with E-state index in [-0.39, 0.29) is 30.0 Å². The van der Waals surface area contributed by atoms with E-state index < -0.39 is 5.60 Å². The van der Waals surface area contributed by atoms with Crippen molar-refractivity contribution < 1.29 is 14.3 Å². The quantitative estimate of drug-likeness (QED) is 0.713. The van der Waals surface area contributed by atoms with E-state index >= 15 is 0 Å². The summed E-state index contributed by atoms with van der Waals surface area (Å²) in [7, 11) is 1.64. The molecule has 0 radical (unpaired) electrons. The second-order valence-electron chi connectivity index (χ2n) is 8.67. The number of hydrogen-bond acceptors (Lipinski definition) is 4. The summed E-state index contributed by atoms with van der Waals surface area (Å²) in [5, 5.41) is 3.29. The fourth-order valence-electron chi connectivity index (χ4n) is 4.48. The van der Waals surface area contributed by atoms with E-state index in [1.165, 1.54) is 5.56 Å². The van der Waals surface area contributed by atoms with Crippen molar-refractivity contribution in [2.45, 2.75) is 51.6 Å². The van der Waals surface area contributed by atoms with Gasteiger partial charge >= 0.3 is 0 Å². The van der Waals surface area contributed by atoms with Crippen molar-refractivity contribution in [3.8, 4) is 0 Å². The van der Waals surface area contributed by atoms with Crippen LogP contribution in [0.5, 0.6) is 0 Å². The lowest BCUT2D eigenvalue weighted by Crippen LogP contribution is -2.56. The number of methoxy groups -OCH3 is 1. The fraction of sp³-hybridized carbons (Fsp3) is 0.652. The molecule has 0 saturated carbocycles. The summed E-state index contributed by atoms with van der Waals surface area (Å²) in [6.07, 6.45) is 3.92. The molecule has 2 aliphatic rings. The van der Waals surface area contributed by atoms with Crippen LogP contribution < -0.4 is 5.32 Å². The van der Waals surface area contributed by atoms with Crippen LogP contribution in [0.1, 0.15) is 55.5 Å². The van der Waals surface area contributed by atoms with Crippen LogP contribution in [-0.2, 0) is 16.0 Å². The van der Waals surface area contributed by atoms with E-state index in [9.17, 15) is 9.59 Å². The van der Waals surface area contributed by atoms with Gasteiger partial charge < -0.3 is 15.0 Å². The lowest BCUT2D eigenvalue weighted by Gasteiger charge is -2.41. The maximum Gasteiger partial charge on any atom is 0.254 e. The van der Waals surface area contributed by atoms with Gasteiger partial charge in [0, 0.05) is 31.7 Å². The van der Waals surface area contributed by atoms with Crippen molar-refractivity contribution in [3.63, 3.8) is 0 Å². The van der Waals surface area contributed by atoms with Crippen LogP contribution in [0, 0.1) is 11.8 Å². The third kappa shape index (κ3) is 5.59. The van der Waals surface area contributed by atoms with E-state index in [1.807, 2.05) is 17.0 Å². The number of likely N-dealkylation sites (tertiary alicyclic amines) is 1. The number of halogens is 1. The molecule has 3 rings (SSSR count). The van der Waals surface area contributed by atoms with Crippen molar-refractivity contribution in [1.29, 1.82) is 0 Å². The zero-order chi connectivity index (χ0) is 20.1. The number of piperidine rings is 2. The molecule has 1 amide bonds. The van der Waals surface area contributed by atoms with Crippen molar-refractivity contribution in [2.75, 3.05) is 33.3 Å². The fourth-order valence-corrected chi connectivity index (χ4v) is 4.48. The molecule has 1 N–H and O–H groups in total. The van der Waals surface area contributed by atoms with Crippen LogP contribution >= 0.6 is 12.4 Å². The minimum absolute atomic E-state index is 0. The molecule has 0 spiro atoms. The number of nitrogens with zero attached hydrogens (tertiary/aromatic N) is 1. The summed E-state index contributed by atoms with van der Waals surface area (Å²) in [6, 6.07) is 8.08. The molecule has 0 bridgehead atoms. The lowest BCUT2D eigenvalue weighted by atomic mass is 9.86. The third-order valence-corrected chi connectivity index (χ3v) is 6.23. The van der Waals surface area contributed by atoms with Gasteiger partial charge in [-0.1, -0.05) is 38.1 Å². The van der Waals surface area contributed by atoms with Gasteiger partial charge in [-0.15, -0.1) is 12.4 Å². The Hall–Kier alpha value is -1.43. The second kappa shape index (κ2) is 10.6. The van der Waals surface area contributed by atoms with Crippen LogP contribution in [0.4, 0.5) is 0 Å². The number of carbonyl (C=O) groups is 2. The normalized spacial score (nSPS) is 19.7. The monoisotopic (exact) mass is 422 g/mol. The van der Waals surface area contributed by atoms with Crippen molar-refractivity contribution in [1.82, 2.24) is 10.2 Å². The van der Waals surface area contributed by atoms with Crippen LogP contribution in [0.25, 0.3) is 0 Å². The maximum absolute atomic E-state index is 13.1. The highest BCUT2D eigenvalue weighted by Crippen LogP contribution is 2.29. The number of hydrogen-bond donors (Lipinski definition) is 1. The number of ether oxygens (including phenoxy) is 1. The molecule has 0 unspecified atom stereocenters. The molecule has 6 heteroatoms. The lowest BCUT2D eigenvalue weighted by molar-refractivity contribution is -0.159. The molecular weight excluding hydrogens is 388 g/mol. The summed E-state index contributed by atoms with van der Waals surface area (Å²) in [4.78, 5) is 27.9. The molecule has 2 fully saturated rings. The van der Waals surface area contributed by atoms with Gasteiger partial charge in [-0.2, -0.15) is 0 Å². The highest BCUT2D eigenvalue weighted by atomic mass is 35.5. The Morgan fingerprint density at radius 1 is 1.14 bits per heavy atom. The number of benzene rings is 1. The summed E-state index contributed by atoms with van der Waals surface area (Å²) in [5.41, 5.74) is 1.39. The average Bonchev–Trinajstić information content (AvgIpc) is 2.73. The first-order valence-corrected chi connectivity index (χ1v) is 10.6. The summed E-state index contributed by atoms with van der Waals surface area (Å²) < 4.78 is 5.68. The van der Waals surface area contributed by atoms with Crippen molar-refractivity contribution >= 4 is 24.1 Å². The van der Waals surface area contributed by atoms with Gasteiger partial charge in [-0.25, -0.2) is 0 Å². The largest absolute Gasteiger partial charge is 0.368 e. The zero-order valence-corrected chi connectivity index (χ0v) is 18.7. The molecule has 29 heavy (non-hydrogen) atoms. The molecule has 162 valence electrons. The van der Waals surface area contributed by atoms with Crippen LogP contribution in [0.3, 0.4) is 0 Å². The maximum atomic E-state index is 13.1. The highest BCUT2D eigenvalue weighted by molar-refractivity contribution is 5.98. The van der Waals surface area contributed by atoms with E-state index in [1.54, 1.807) is 7.11 Å². The number of carbonyl (C=O) groups excluding carboxylic acids is 2. The van der Waals surface area contributed by atoms with Crippen LogP contribution in [-0.4, -0.2) is 55.5 Å².